The fraction of sp³-hybridized carbons (Fsp3) is 0.562. The number of anilines is 1. The predicted molar refractivity (Wildman–Crippen MR) is 98.9 cm³/mol. The lowest BCUT2D eigenvalue weighted by molar-refractivity contribution is -0.123. The highest BCUT2D eigenvalue weighted by molar-refractivity contribution is 5.96. The van der Waals surface area contributed by atoms with E-state index < -0.39 is 0 Å². The van der Waals surface area contributed by atoms with Crippen LogP contribution in [0.15, 0.2) is 18.2 Å². The number of halogens is 2. The number of nitrogens with one attached hydrogen (secondary N) is 2. The van der Waals surface area contributed by atoms with Gasteiger partial charge in [0.1, 0.15) is 6.04 Å². The lowest BCUT2D eigenvalue weighted by Crippen LogP contribution is -2.53. The first-order chi connectivity index (χ1) is 9.97. The van der Waals surface area contributed by atoms with Crippen LogP contribution in [0.4, 0.5) is 5.69 Å². The number of benzene rings is 1. The molecule has 2 N–H and O–H groups in total. The Balaban J connectivity index is 0.00000242. The summed E-state index contributed by atoms with van der Waals surface area (Å²) in [6.45, 7) is 6.14. The highest BCUT2D eigenvalue weighted by Gasteiger charge is 2.28. The van der Waals surface area contributed by atoms with Gasteiger partial charge >= 0.3 is 0 Å². The zero-order chi connectivity index (χ0) is 15.4. The standard InChI is InChI=1S/C16H25N3O2.2ClH/c1-11-5-6-13(10-19(3)4)9-14(11)18-16(20)15-12(2)21-8-7-17-15;;/h5-6,9,12,15,17H,7-8,10H2,1-4H3,(H,18,20);2*1H/t12-,15+;;/m1../s1. The summed E-state index contributed by atoms with van der Waals surface area (Å²) in [4.78, 5) is 14.5. The Morgan fingerprint density at radius 3 is 2.70 bits per heavy atom. The molecule has 0 saturated carbocycles. The smallest absolute Gasteiger partial charge is 0.244 e. The van der Waals surface area contributed by atoms with E-state index in [1.165, 1.54) is 5.56 Å². The maximum Gasteiger partial charge on any atom is 0.244 e. The molecular formula is C16H27Cl2N3O2. The van der Waals surface area contributed by atoms with Crippen molar-refractivity contribution in [3.05, 3.63) is 29.3 Å². The van der Waals surface area contributed by atoms with E-state index in [1.54, 1.807) is 0 Å². The number of amides is 1. The molecule has 1 heterocycles. The van der Waals surface area contributed by atoms with Crippen molar-refractivity contribution in [2.45, 2.75) is 32.5 Å². The highest BCUT2D eigenvalue weighted by Crippen LogP contribution is 2.19. The van der Waals surface area contributed by atoms with Gasteiger partial charge in [0.2, 0.25) is 5.91 Å². The van der Waals surface area contributed by atoms with Gasteiger partial charge in [0.25, 0.3) is 0 Å². The van der Waals surface area contributed by atoms with Crippen LogP contribution in [0.2, 0.25) is 0 Å². The summed E-state index contributed by atoms with van der Waals surface area (Å²) >= 11 is 0. The Morgan fingerprint density at radius 2 is 2.09 bits per heavy atom. The average molecular weight is 364 g/mol. The number of nitrogens with zero attached hydrogens (tertiary/aromatic N) is 1. The molecule has 132 valence electrons. The van der Waals surface area contributed by atoms with Crippen LogP contribution in [0.3, 0.4) is 0 Å². The highest BCUT2D eigenvalue weighted by atomic mass is 35.5. The van der Waals surface area contributed by atoms with Gasteiger partial charge in [-0.1, -0.05) is 12.1 Å². The third-order valence-corrected chi connectivity index (χ3v) is 3.66. The molecular weight excluding hydrogens is 337 g/mol. The van der Waals surface area contributed by atoms with Crippen LogP contribution >= 0.6 is 24.8 Å². The number of ether oxygens (including phenoxy) is 1. The van der Waals surface area contributed by atoms with E-state index in [9.17, 15) is 4.79 Å². The van der Waals surface area contributed by atoms with Gasteiger partial charge in [-0.05, 0) is 45.1 Å². The number of hydrogen-bond acceptors (Lipinski definition) is 4. The van der Waals surface area contributed by atoms with Crippen molar-refractivity contribution < 1.29 is 9.53 Å². The van der Waals surface area contributed by atoms with Crippen molar-refractivity contribution in [1.82, 2.24) is 10.2 Å². The molecule has 1 saturated heterocycles. The van der Waals surface area contributed by atoms with E-state index in [4.69, 9.17) is 4.74 Å². The minimum Gasteiger partial charge on any atom is -0.375 e. The number of rotatable bonds is 4. The Bertz CT molecular complexity index is 512. The molecule has 2 rings (SSSR count). The van der Waals surface area contributed by atoms with E-state index >= 15 is 0 Å². The lowest BCUT2D eigenvalue weighted by atomic mass is 10.1. The van der Waals surface area contributed by atoms with Gasteiger partial charge in [-0.2, -0.15) is 0 Å². The van der Waals surface area contributed by atoms with Crippen LogP contribution < -0.4 is 10.6 Å². The Morgan fingerprint density at radius 1 is 1.39 bits per heavy atom. The van der Waals surface area contributed by atoms with E-state index in [2.05, 4.69) is 21.6 Å². The Hall–Kier alpha value is -0.850. The molecule has 0 bridgehead atoms. The molecule has 0 aromatic heterocycles. The SMILES string of the molecule is Cc1ccc(CN(C)C)cc1NC(=O)[C@H]1NCCO[C@@H]1C.Cl.Cl. The molecule has 0 spiro atoms. The summed E-state index contributed by atoms with van der Waals surface area (Å²) in [5, 5.41) is 6.23. The maximum absolute atomic E-state index is 12.4. The molecule has 7 heteroatoms. The van der Waals surface area contributed by atoms with Crippen molar-refractivity contribution >= 4 is 36.4 Å². The van der Waals surface area contributed by atoms with E-state index in [-0.39, 0.29) is 42.9 Å². The van der Waals surface area contributed by atoms with Crippen LogP contribution in [0.5, 0.6) is 0 Å². The van der Waals surface area contributed by atoms with E-state index in [1.807, 2.05) is 40.1 Å². The zero-order valence-corrected chi connectivity index (χ0v) is 15.7. The number of morpholine rings is 1. The number of carbonyl (C=O) groups excluding carboxylic acids is 1. The normalized spacial score (nSPS) is 20.4. The number of hydrogen-bond donors (Lipinski definition) is 2. The quantitative estimate of drug-likeness (QED) is 0.860. The fourth-order valence-corrected chi connectivity index (χ4v) is 2.51. The van der Waals surface area contributed by atoms with Crippen LogP contribution in [0.25, 0.3) is 0 Å². The number of carbonyl (C=O) groups is 1. The molecule has 23 heavy (non-hydrogen) atoms. The summed E-state index contributed by atoms with van der Waals surface area (Å²) in [7, 11) is 4.06. The van der Waals surface area contributed by atoms with Gasteiger partial charge in [0.15, 0.2) is 0 Å². The van der Waals surface area contributed by atoms with Gasteiger partial charge in [-0.25, -0.2) is 0 Å². The lowest BCUT2D eigenvalue weighted by Gasteiger charge is -2.29. The van der Waals surface area contributed by atoms with E-state index in [0.29, 0.717) is 13.2 Å². The summed E-state index contributed by atoms with van der Waals surface area (Å²) in [6.07, 6.45) is -0.107. The summed E-state index contributed by atoms with van der Waals surface area (Å²) < 4.78 is 5.53. The molecule has 5 nitrogen and oxygen atoms in total. The molecule has 2 atom stereocenters. The van der Waals surface area contributed by atoms with Gasteiger partial charge in [0, 0.05) is 18.8 Å². The first-order valence-electron chi connectivity index (χ1n) is 7.37. The molecule has 0 radical (unpaired) electrons. The zero-order valence-electron chi connectivity index (χ0n) is 14.1. The molecule has 1 amide bonds. The second-order valence-corrected chi connectivity index (χ2v) is 5.88. The first kappa shape index (κ1) is 22.1. The molecule has 1 aromatic carbocycles. The predicted octanol–water partition coefficient (Wildman–Crippen LogP) is 2.22. The molecule has 1 fully saturated rings. The maximum atomic E-state index is 12.4. The van der Waals surface area contributed by atoms with Crippen LogP contribution in [0, 0.1) is 6.92 Å². The molecule has 1 aromatic rings. The van der Waals surface area contributed by atoms with Crippen molar-refractivity contribution in [1.29, 1.82) is 0 Å². The molecule has 0 aliphatic carbocycles. The summed E-state index contributed by atoms with van der Waals surface area (Å²) in [6, 6.07) is 5.88. The number of aryl methyl sites for hydroxylation is 1. The van der Waals surface area contributed by atoms with Gasteiger partial charge in [-0.3, -0.25) is 4.79 Å². The third kappa shape index (κ3) is 6.28. The molecule has 0 unspecified atom stereocenters. The molecule has 1 aliphatic rings. The van der Waals surface area contributed by atoms with Crippen LogP contribution in [-0.4, -0.2) is 50.2 Å². The Kier molecular flexibility index (Phi) is 9.73. The average Bonchev–Trinajstić information content (AvgIpc) is 2.42. The fourth-order valence-electron chi connectivity index (χ4n) is 2.51. The van der Waals surface area contributed by atoms with Gasteiger partial charge in [0.05, 0.1) is 12.7 Å². The minimum absolute atomic E-state index is 0. The Labute approximate surface area is 151 Å². The van der Waals surface area contributed by atoms with E-state index in [0.717, 1.165) is 17.8 Å². The van der Waals surface area contributed by atoms with Crippen molar-refractivity contribution in [2.75, 3.05) is 32.6 Å². The van der Waals surface area contributed by atoms with Crippen LogP contribution in [0.1, 0.15) is 18.1 Å². The second-order valence-electron chi connectivity index (χ2n) is 5.88. The van der Waals surface area contributed by atoms with Crippen LogP contribution in [-0.2, 0) is 16.1 Å². The second kappa shape index (κ2) is 10.1. The topological polar surface area (TPSA) is 53.6 Å². The van der Waals surface area contributed by atoms with Crippen molar-refractivity contribution in [2.24, 2.45) is 0 Å². The van der Waals surface area contributed by atoms with Crippen molar-refractivity contribution in [3.63, 3.8) is 0 Å². The summed E-state index contributed by atoms with van der Waals surface area (Å²) in [5.74, 6) is -0.0349. The van der Waals surface area contributed by atoms with Crippen molar-refractivity contribution in [3.8, 4) is 0 Å². The largest absolute Gasteiger partial charge is 0.375 e. The summed E-state index contributed by atoms with van der Waals surface area (Å²) in [5.41, 5.74) is 3.12. The third-order valence-electron chi connectivity index (χ3n) is 3.66. The minimum atomic E-state index is -0.296. The monoisotopic (exact) mass is 363 g/mol. The van der Waals surface area contributed by atoms with Gasteiger partial charge in [-0.15, -0.1) is 24.8 Å². The first-order valence-corrected chi connectivity index (χ1v) is 7.37. The van der Waals surface area contributed by atoms with Gasteiger partial charge < -0.3 is 20.3 Å². The molecule has 1 aliphatic heterocycles.